The Balaban J connectivity index is 2.01. The Kier molecular flexibility index (Phi) is 9.10. The SMILES string of the molecule is CCCCCOc1cccc(C2/C(=C(/O)c3ccc(OC)cc3)C(=O)C(=O)N2CCCOC)c1. The highest BCUT2D eigenvalue weighted by molar-refractivity contribution is 6.46. The van der Waals surface area contributed by atoms with Crippen LogP contribution in [0.4, 0.5) is 0 Å². The molecule has 2 aromatic carbocycles. The maximum absolute atomic E-state index is 13.1. The van der Waals surface area contributed by atoms with Crippen LogP contribution in [0.5, 0.6) is 11.5 Å². The van der Waals surface area contributed by atoms with E-state index in [4.69, 9.17) is 14.2 Å². The average Bonchev–Trinajstić information content (AvgIpc) is 3.11. The molecule has 7 nitrogen and oxygen atoms in total. The molecule has 1 N–H and O–H groups in total. The average molecular weight is 468 g/mol. The minimum Gasteiger partial charge on any atom is -0.507 e. The van der Waals surface area contributed by atoms with Gasteiger partial charge in [0, 0.05) is 25.8 Å². The molecule has 0 bridgehead atoms. The van der Waals surface area contributed by atoms with Crippen LogP contribution in [0, 0.1) is 0 Å². The van der Waals surface area contributed by atoms with Crippen molar-refractivity contribution in [2.24, 2.45) is 0 Å². The van der Waals surface area contributed by atoms with Gasteiger partial charge in [0.1, 0.15) is 17.3 Å². The lowest BCUT2D eigenvalue weighted by molar-refractivity contribution is -0.140. The molecule has 34 heavy (non-hydrogen) atoms. The summed E-state index contributed by atoms with van der Waals surface area (Å²) in [4.78, 5) is 27.6. The van der Waals surface area contributed by atoms with E-state index in [1.165, 1.54) is 4.90 Å². The molecule has 182 valence electrons. The van der Waals surface area contributed by atoms with Gasteiger partial charge in [0.2, 0.25) is 0 Å². The second-order valence-corrected chi connectivity index (χ2v) is 8.20. The molecular formula is C27H33NO6. The van der Waals surface area contributed by atoms with Gasteiger partial charge in [-0.15, -0.1) is 0 Å². The number of rotatable bonds is 12. The van der Waals surface area contributed by atoms with Crippen molar-refractivity contribution in [2.75, 3.05) is 34.0 Å². The molecule has 1 atom stereocenters. The van der Waals surface area contributed by atoms with Crippen molar-refractivity contribution in [3.63, 3.8) is 0 Å². The van der Waals surface area contributed by atoms with Gasteiger partial charge in [-0.25, -0.2) is 0 Å². The van der Waals surface area contributed by atoms with Crippen LogP contribution >= 0.6 is 0 Å². The molecule has 1 amide bonds. The molecule has 1 aliphatic heterocycles. The van der Waals surface area contributed by atoms with E-state index in [1.807, 2.05) is 24.3 Å². The summed E-state index contributed by atoms with van der Waals surface area (Å²) in [5, 5.41) is 11.1. The van der Waals surface area contributed by atoms with Gasteiger partial charge >= 0.3 is 0 Å². The number of likely N-dealkylation sites (tertiary alicyclic amines) is 1. The first-order valence-corrected chi connectivity index (χ1v) is 11.7. The predicted octanol–water partition coefficient (Wildman–Crippen LogP) is 4.72. The van der Waals surface area contributed by atoms with Crippen LogP contribution in [0.15, 0.2) is 54.1 Å². The Morgan fingerprint density at radius 2 is 1.74 bits per heavy atom. The van der Waals surface area contributed by atoms with Crippen molar-refractivity contribution in [1.29, 1.82) is 0 Å². The van der Waals surface area contributed by atoms with Crippen LogP contribution in [0.25, 0.3) is 5.76 Å². The zero-order valence-electron chi connectivity index (χ0n) is 20.1. The Morgan fingerprint density at radius 1 is 0.971 bits per heavy atom. The summed E-state index contributed by atoms with van der Waals surface area (Å²) in [6.07, 6.45) is 3.70. The highest BCUT2D eigenvalue weighted by Crippen LogP contribution is 2.40. The third-order valence-electron chi connectivity index (χ3n) is 5.84. The molecular weight excluding hydrogens is 434 g/mol. The Hall–Kier alpha value is -3.32. The van der Waals surface area contributed by atoms with Crippen LogP contribution in [0.2, 0.25) is 0 Å². The Morgan fingerprint density at radius 3 is 2.41 bits per heavy atom. The lowest BCUT2D eigenvalue weighted by Crippen LogP contribution is -2.31. The molecule has 1 unspecified atom stereocenters. The second-order valence-electron chi connectivity index (χ2n) is 8.20. The topological polar surface area (TPSA) is 85.3 Å². The number of Topliss-reactive ketones (excluding diaryl/α,β-unsaturated/α-hetero) is 1. The van der Waals surface area contributed by atoms with Crippen molar-refractivity contribution in [3.8, 4) is 11.5 Å². The summed E-state index contributed by atoms with van der Waals surface area (Å²) < 4.78 is 16.2. The van der Waals surface area contributed by atoms with Gasteiger partial charge in [0.05, 0.1) is 25.3 Å². The van der Waals surface area contributed by atoms with Crippen LogP contribution in [0.1, 0.15) is 49.8 Å². The summed E-state index contributed by atoms with van der Waals surface area (Å²) in [5.74, 6) is -0.258. The monoisotopic (exact) mass is 467 g/mol. The first kappa shape index (κ1) is 25.3. The molecule has 2 aromatic rings. The van der Waals surface area contributed by atoms with Crippen molar-refractivity contribution in [3.05, 3.63) is 65.2 Å². The number of carbonyl (C=O) groups is 2. The molecule has 3 rings (SSSR count). The normalized spacial score (nSPS) is 17.3. The molecule has 1 heterocycles. The van der Waals surface area contributed by atoms with Gasteiger partial charge < -0.3 is 24.2 Å². The van der Waals surface area contributed by atoms with E-state index in [9.17, 15) is 14.7 Å². The summed E-state index contributed by atoms with van der Waals surface area (Å²) in [5.41, 5.74) is 1.21. The van der Waals surface area contributed by atoms with Crippen molar-refractivity contribution < 1.29 is 28.9 Å². The van der Waals surface area contributed by atoms with Gasteiger partial charge in [-0.3, -0.25) is 9.59 Å². The standard InChI is InChI=1S/C27H33NO6/c1-4-5-6-17-34-22-10-7-9-20(18-22)24-23(25(29)19-11-13-21(33-3)14-12-19)26(30)27(31)28(24)15-8-16-32-2/h7,9-14,18,24,29H,4-6,8,15-17H2,1-3H3/b25-23-. The number of benzene rings is 2. The van der Waals surface area contributed by atoms with Gasteiger partial charge in [-0.1, -0.05) is 31.9 Å². The summed E-state index contributed by atoms with van der Waals surface area (Å²) in [6.45, 7) is 3.51. The summed E-state index contributed by atoms with van der Waals surface area (Å²) in [6, 6.07) is 13.4. The first-order valence-electron chi connectivity index (χ1n) is 11.7. The highest BCUT2D eigenvalue weighted by Gasteiger charge is 2.45. The quantitative estimate of drug-likeness (QED) is 0.210. The number of carbonyl (C=O) groups excluding carboxylic acids is 2. The van der Waals surface area contributed by atoms with Crippen LogP contribution < -0.4 is 9.47 Å². The first-order chi connectivity index (χ1) is 16.5. The molecule has 0 saturated carbocycles. The number of ketones is 1. The number of unbranched alkanes of at least 4 members (excludes halogenated alkanes) is 2. The number of hydrogen-bond donors (Lipinski definition) is 1. The smallest absolute Gasteiger partial charge is 0.295 e. The lowest BCUT2D eigenvalue weighted by atomic mass is 9.95. The largest absolute Gasteiger partial charge is 0.507 e. The molecule has 1 fully saturated rings. The van der Waals surface area contributed by atoms with Crippen LogP contribution in [0.3, 0.4) is 0 Å². The number of aliphatic hydroxyl groups excluding tert-OH is 1. The number of nitrogens with zero attached hydrogens (tertiary/aromatic N) is 1. The maximum atomic E-state index is 13.1. The zero-order valence-corrected chi connectivity index (χ0v) is 20.1. The summed E-state index contributed by atoms with van der Waals surface area (Å²) >= 11 is 0. The van der Waals surface area contributed by atoms with Crippen molar-refractivity contribution >= 4 is 17.4 Å². The molecule has 0 aromatic heterocycles. The van der Waals surface area contributed by atoms with Gasteiger partial charge in [-0.05, 0) is 54.8 Å². The molecule has 0 radical (unpaired) electrons. The van der Waals surface area contributed by atoms with Crippen molar-refractivity contribution in [2.45, 2.75) is 38.6 Å². The third kappa shape index (κ3) is 5.78. The van der Waals surface area contributed by atoms with Crippen LogP contribution in [-0.4, -0.2) is 55.7 Å². The van der Waals surface area contributed by atoms with E-state index in [1.54, 1.807) is 38.5 Å². The van der Waals surface area contributed by atoms with E-state index < -0.39 is 17.7 Å². The van der Waals surface area contributed by atoms with E-state index in [-0.39, 0.29) is 11.3 Å². The van der Waals surface area contributed by atoms with Gasteiger partial charge in [-0.2, -0.15) is 0 Å². The number of hydrogen-bond acceptors (Lipinski definition) is 6. The zero-order chi connectivity index (χ0) is 24.5. The van der Waals surface area contributed by atoms with E-state index in [0.29, 0.717) is 48.8 Å². The summed E-state index contributed by atoms with van der Waals surface area (Å²) in [7, 11) is 3.15. The third-order valence-corrected chi connectivity index (χ3v) is 5.84. The van der Waals surface area contributed by atoms with E-state index in [0.717, 1.165) is 19.3 Å². The fourth-order valence-corrected chi connectivity index (χ4v) is 4.06. The Labute approximate surface area is 200 Å². The number of ether oxygens (including phenoxy) is 3. The van der Waals surface area contributed by atoms with Gasteiger partial charge in [0.15, 0.2) is 0 Å². The van der Waals surface area contributed by atoms with Gasteiger partial charge in [0.25, 0.3) is 11.7 Å². The minimum atomic E-state index is -0.724. The van der Waals surface area contributed by atoms with E-state index in [2.05, 4.69) is 6.92 Å². The maximum Gasteiger partial charge on any atom is 0.295 e. The predicted molar refractivity (Wildman–Crippen MR) is 130 cm³/mol. The second kappa shape index (κ2) is 12.2. The Bertz CT molecular complexity index is 1010. The van der Waals surface area contributed by atoms with Crippen LogP contribution in [-0.2, 0) is 14.3 Å². The molecule has 7 heteroatoms. The van der Waals surface area contributed by atoms with E-state index >= 15 is 0 Å². The molecule has 1 saturated heterocycles. The van der Waals surface area contributed by atoms with Crippen molar-refractivity contribution in [1.82, 2.24) is 4.90 Å². The fourth-order valence-electron chi connectivity index (χ4n) is 4.06. The highest BCUT2D eigenvalue weighted by atomic mass is 16.5. The fraction of sp³-hybridized carbons (Fsp3) is 0.407. The number of amides is 1. The molecule has 0 spiro atoms. The molecule has 1 aliphatic rings. The lowest BCUT2D eigenvalue weighted by Gasteiger charge is -2.25. The number of methoxy groups -OCH3 is 2. The number of aliphatic hydroxyl groups is 1. The minimum absolute atomic E-state index is 0.0655. The molecule has 0 aliphatic carbocycles.